The number of hydrogen-bond donors (Lipinski definition) is 0. The fraction of sp³-hybridized carbons (Fsp3) is 0.478. The van der Waals surface area contributed by atoms with Crippen LogP contribution in [0.5, 0.6) is 0 Å². The zero-order chi connectivity index (χ0) is 19.6. The van der Waals surface area contributed by atoms with Gasteiger partial charge in [-0.15, -0.1) is 0 Å². The van der Waals surface area contributed by atoms with Crippen LogP contribution in [0, 0.1) is 13.8 Å². The topological polar surface area (TPSA) is 35.9 Å². The summed E-state index contributed by atoms with van der Waals surface area (Å²) in [5.74, 6) is 0. The monoisotopic (exact) mass is 365 g/mol. The maximum absolute atomic E-state index is 13.6. The summed E-state index contributed by atoms with van der Waals surface area (Å²) in [6, 6.07) is 6.48. The van der Waals surface area contributed by atoms with Crippen molar-refractivity contribution in [3.63, 3.8) is 0 Å². The Morgan fingerprint density at radius 3 is 2.37 bits per heavy atom. The molecule has 1 aliphatic carbocycles. The lowest BCUT2D eigenvalue weighted by atomic mass is 9.92. The molecule has 0 bridgehead atoms. The number of carbonyl (C=O) groups excluding carboxylic acids is 1. The van der Waals surface area contributed by atoms with Gasteiger partial charge in [-0.05, 0) is 51.7 Å². The van der Waals surface area contributed by atoms with Gasteiger partial charge in [-0.1, -0.05) is 44.0 Å². The van der Waals surface area contributed by atoms with Gasteiger partial charge in [-0.2, -0.15) is 0 Å². The number of aliphatic imine (C=N–C) groups is 1. The van der Waals surface area contributed by atoms with Crippen molar-refractivity contribution in [3.8, 4) is 0 Å². The van der Waals surface area contributed by atoms with Gasteiger partial charge < -0.3 is 0 Å². The predicted molar refractivity (Wildman–Crippen MR) is 113 cm³/mol. The van der Waals surface area contributed by atoms with Gasteiger partial charge in [0.2, 0.25) is 0 Å². The lowest BCUT2D eigenvalue weighted by Gasteiger charge is -2.44. The highest BCUT2D eigenvalue weighted by Gasteiger charge is 2.38. The Kier molecular flexibility index (Phi) is 5.83. The molecule has 0 atom stereocenters. The number of benzene rings is 1. The minimum atomic E-state index is 0.0543. The van der Waals surface area contributed by atoms with Crippen LogP contribution in [0.15, 0.2) is 47.2 Å². The molecule has 144 valence electrons. The van der Waals surface area contributed by atoms with Gasteiger partial charge in [0, 0.05) is 29.2 Å². The summed E-state index contributed by atoms with van der Waals surface area (Å²) in [6.45, 7) is 12.9. The Hall–Kier alpha value is -2.36. The SMILES string of the molecule is C=C1/C(=C\N=C(C)C)CN(c2c(C)cccc2C)C(=O)N1C1CCCCC1. The van der Waals surface area contributed by atoms with Crippen LogP contribution in [0.1, 0.15) is 57.1 Å². The maximum Gasteiger partial charge on any atom is 0.329 e. The minimum Gasteiger partial charge on any atom is -0.291 e. The van der Waals surface area contributed by atoms with Crippen LogP contribution in [0.2, 0.25) is 0 Å². The Morgan fingerprint density at radius 1 is 1.15 bits per heavy atom. The van der Waals surface area contributed by atoms with Crippen molar-refractivity contribution in [3.05, 3.63) is 53.4 Å². The Morgan fingerprint density at radius 2 is 1.78 bits per heavy atom. The van der Waals surface area contributed by atoms with E-state index in [0.717, 1.165) is 46.6 Å². The third-order valence-corrected chi connectivity index (χ3v) is 5.55. The van der Waals surface area contributed by atoms with E-state index >= 15 is 0 Å². The maximum atomic E-state index is 13.6. The fourth-order valence-electron chi connectivity index (χ4n) is 4.17. The average molecular weight is 366 g/mol. The van der Waals surface area contributed by atoms with Crippen molar-refractivity contribution >= 4 is 17.4 Å². The first-order valence-corrected chi connectivity index (χ1v) is 9.96. The van der Waals surface area contributed by atoms with Crippen molar-refractivity contribution < 1.29 is 4.79 Å². The first kappa shape index (κ1) is 19.4. The second kappa shape index (κ2) is 8.12. The molecule has 1 aliphatic heterocycles. The van der Waals surface area contributed by atoms with Gasteiger partial charge in [0.25, 0.3) is 0 Å². The highest BCUT2D eigenvalue weighted by molar-refractivity contribution is 5.97. The van der Waals surface area contributed by atoms with E-state index in [-0.39, 0.29) is 12.1 Å². The minimum absolute atomic E-state index is 0.0543. The van der Waals surface area contributed by atoms with Gasteiger partial charge in [-0.3, -0.25) is 14.8 Å². The predicted octanol–water partition coefficient (Wildman–Crippen LogP) is 5.76. The average Bonchev–Trinajstić information content (AvgIpc) is 2.63. The molecule has 2 amide bonds. The van der Waals surface area contributed by atoms with E-state index in [1.165, 1.54) is 19.3 Å². The molecule has 0 unspecified atom stereocenters. The molecule has 2 aliphatic rings. The summed E-state index contributed by atoms with van der Waals surface area (Å²) < 4.78 is 0. The molecule has 1 saturated carbocycles. The quantitative estimate of drug-likeness (QED) is 0.628. The first-order chi connectivity index (χ1) is 12.9. The Labute approximate surface area is 163 Å². The zero-order valence-corrected chi connectivity index (χ0v) is 17.1. The number of aryl methyl sites for hydroxylation is 2. The lowest BCUT2D eigenvalue weighted by Crippen LogP contribution is -2.53. The molecule has 4 nitrogen and oxygen atoms in total. The Balaban J connectivity index is 2.05. The second-order valence-corrected chi connectivity index (χ2v) is 7.95. The van der Waals surface area contributed by atoms with Gasteiger partial charge in [0.1, 0.15) is 0 Å². The summed E-state index contributed by atoms with van der Waals surface area (Å²) in [6.07, 6.45) is 7.60. The second-order valence-electron chi connectivity index (χ2n) is 7.95. The summed E-state index contributed by atoms with van der Waals surface area (Å²) >= 11 is 0. The van der Waals surface area contributed by atoms with Gasteiger partial charge in [0.05, 0.1) is 12.2 Å². The molecule has 1 aromatic carbocycles. The molecular formula is C23H31N3O. The van der Waals surface area contributed by atoms with Crippen LogP contribution in [0.3, 0.4) is 0 Å². The number of urea groups is 1. The summed E-state index contributed by atoms with van der Waals surface area (Å²) in [4.78, 5) is 21.9. The molecular weight excluding hydrogens is 334 g/mol. The van der Waals surface area contributed by atoms with E-state index < -0.39 is 0 Å². The summed E-state index contributed by atoms with van der Waals surface area (Å²) in [7, 11) is 0. The van der Waals surface area contributed by atoms with Gasteiger partial charge >= 0.3 is 6.03 Å². The van der Waals surface area contributed by atoms with Crippen LogP contribution in [0.4, 0.5) is 10.5 Å². The summed E-state index contributed by atoms with van der Waals surface area (Å²) in [5, 5.41) is 0. The third kappa shape index (κ3) is 4.00. The first-order valence-electron chi connectivity index (χ1n) is 9.96. The smallest absolute Gasteiger partial charge is 0.291 e. The van der Waals surface area contributed by atoms with Crippen molar-refractivity contribution in [2.45, 2.75) is 65.8 Å². The number of para-hydroxylation sites is 1. The van der Waals surface area contributed by atoms with E-state index in [1.54, 1.807) is 0 Å². The molecule has 27 heavy (non-hydrogen) atoms. The number of hydrogen-bond acceptors (Lipinski definition) is 2. The van der Waals surface area contributed by atoms with Crippen LogP contribution >= 0.6 is 0 Å². The number of nitrogens with zero attached hydrogens (tertiary/aromatic N) is 3. The van der Waals surface area contributed by atoms with Crippen molar-refractivity contribution in [2.75, 3.05) is 11.4 Å². The molecule has 2 fully saturated rings. The number of anilines is 1. The Bertz CT molecular complexity index is 776. The molecule has 0 spiro atoms. The van der Waals surface area contributed by atoms with Crippen molar-refractivity contribution in [1.29, 1.82) is 0 Å². The van der Waals surface area contributed by atoms with E-state index in [0.29, 0.717) is 6.54 Å². The van der Waals surface area contributed by atoms with Gasteiger partial charge in [0.15, 0.2) is 0 Å². The van der Waals surface area contributed by atoms with Crippen LogP contribution in [-0.2, 0) is 0 Å². The molecule has 4 heteroatoms. The lowest BCUT2D eigenvalue weighted by molar-refractivity contribution is 0.181. The molecule has 3 rings (SSSR count). The normalized spacial score (nSPS) is 20.4. The third-order valence-electron chi connectivity index (χ3n) is 5.55. The standard InChI is InChI=1S/C23H31N3O/c1-16(2)24-14-20-15-25(22-17(3)10-9-11-18(22)4)23(27)26(19(20)5)21-12-7-6-8-13-21/h9-11,14,21H,5-8,12-13,15H2,1-4H3/b20-14-. The van der Waals surface area contributed by atoms with Crippen LogP contribution in [0.25, 0.3) is 0 Å². The highest BCUT2D eigenvalue weighted by atomic mass is 16.2. The molecule has 0 N–H and O–H groups in total. The van der Waals surface area contributed by atoms with E-state index in [9.17, 15) is 4.79 Å². The van der Waals surface area contributed by atoms with Crippen molar-refractivity contribution in [2.24, 2.45) is 4.99 Å². The van der Waals surface area contributed by atoms with Crippen molar-refractivity contribution in [1.82, 2.24) is 4.90 Å². The number of rotatable bonds is 3. The van der Waals surface area contributed by atoms with E-state index in [2.05, 4.69) is 37.6 Å². The molecule has 1 heterocycles. The fourth-order valence-corrected chi connectivity index (χ4v) is 4.17. The largest absolute Gasteiger partial charge is 0.329 e. The summed E-state index contributed by atoms with van der Waals surface area (Å²) in [5.41, 5.74) is 6.08. The van der Waals surface area contributed by atoms with E-state index in [1.807, 2.05) is 35.9 Å². The van der Waals surface area contributed by atoms with E-state index in [4.69, 9.17) is 0 Å². The molecule has 0 aromatic heterocycles. The molecule has 1 saturated heterocycles. The highest BCUT2D eigenvalue weighted by Crippen LogP contribution is 2.36. The number of amides is 2. The van der Waals surface area contributed by atoms with Crippen LogP contribution < -0.4 is 4.90 Å². The molecule has 0 radical (unpaired) electrons. The number of carbonyl (C=O) groups is 1. The molecule has 1 aromatic rings. The zero-order valence-electron chi connectivity index (χ0n) is 17.1. The van der Waals surface area contributed by atoms with Crippen LogP contribution in [-0.4, -0.2) is 29.2 Å². The van der Waals surface area contributed by atoms with Gasteiger partial charge in [-0.25, -0.2) is 4.79 Å².